The number of likely N-dealkylation sites (tertiary alicyclic amines) is 1. The predicted octanol–water partition coefficient (Wildman–Crippen LogP) is 3.03. The minimum Gasteiger partial charge on any atom is -0.341 e. The molecule has 0 spiro atoms. The van der Waals surface area contributed by atoms with E-state index >= 15 is 0 Å². The summed E-state index contributed by atoms with van der Waals surface area (Å²) in [6.07, 6.45) is 1.11. The van der Waals surface area contributed by atoms with Crippen molar-refractivity contribution >= 4 is 27.5 Å². The van der Waals surface area contributed by atoms with Gasteiger partial charge < -0.3 is 4.90 Å². The molecule has 0 aliphatic carbocycles. The third kappa shape index (κ3) is 3.55. The summed E-state index contributed by atoms with van der Waals surface area (Å²) in [5.41, 5.74) is 1.11. The normalized spacial score (nSPS) is 19.6. The number of amides is 1. The van der Waals surface area contributed by atoms with Gasteiger partial charge in [-0.05, 0) is 48.3 Å². The van der Waals surface area contributed by atoms with Crippen LogP contribution in [0.15, 0.2) is 45.3 Å². The molecule has 1 aliphatic rings. The summed E-state index contributed by atoms with van der Waals surface area (Å²) in [4.78, 5) is 41.3. The van der Waals surface area contributed by atoms with Crippen LogP contribution >= 0.6 is 11.3 Å². The second kappa shape index (κ2) is 7.63. The Bertz CT molecular complexity index is 1180. The largest absolute Gasteiger partial charge is 0.341 e. The van der Waals surface area contributed by atoms with Crippen LogP contribution in [0.1, 0.15) is 25.8 Å². The van der Waals surface area contributed by atoms with Gasteiger partial charge >= 0.3 is 5.69 Å². The van der Waals surface area contributed by atoms with Gasteiger partial charge in [0.15, 0.2) is 0 Å². The van der Waals surface area contributed by atoms with E-state index in [1.54, 1.807) is 23.6 Å². The zero-order valence-corrected chi connectivity index (χ0v) is 17.7. The lowest BCUT2D eigenvalue weighted by atomic mass is 9.92. The minimum atomic E-state index is -0.471. The molecule has 0 N–H and O–H groups in total. The first-order chi connectivity index (χ1) is 13.9. The number of carbonyl (C=O) groups is 1. The SMILES string of the molecule is Cc1ccccc1-n1c(=O)c2sccc2n(CC(=O)N2CC(C)CC(C)C2)c1=O. The first-order valence-corrected chi connectivity index (χ1v) is 10.8. The van der Waals surface area contributed by atoms with Crippen LogP contribution in [0.5, 0.6) is 0 Å². The number of fused-ring (bicyclic) bond motifs is 1. The van der Waals surface area contributed by atoms with Crippen molar-refractivity contribution in [1.82, 2.24) is 14.0 Å². The van der Waals surface area contributed by atoms with Crippen molar-refractivity contribution in [2.75, 3.05) is 13.1 Å². The standard InChI is InChI=1S/C22H25N3O3S/c1-14-10-15(2)12-23(11-14)19(26)13-24-18-8-9-29-20(18)21(27)25(22(24)28)17-7-5-4-6-16(17)3/h4-9,14-15H,10-13H2,1-3H3. The van der Waals surface area contributed by atoms with Crippen LogP contribution in [-0.4, -0.2) is 33.0 Å². The molecule has 29 heavy (non-hydrogen) atoms. The number of para-hydroxylation sites is 1. The van der Waals surface area contributed by atoms with E-state index in [0.717, 1.165) is 12.0 Å². The van der Waals surface area contributed by atoms with Gasteiger partial charge in [0.2, 0.25) is 5.91 Å². The molecule has 2 aromatic heterocycles. The third-order valence-corrected chi connectivity index (χ3v) is 6.52. The summed E-state index contributed by atoms with van der Waals surface area (Å²) in [6, 6.07) is 9.05. The molecule has 1 aliphatic heterocycles. The fraction of sp³-hybridized carbons (Fsp3) is 0.409. The van der Waals surface area contributed by atoms with Gasteiger partial charge in [-0.3, -0.25) is 14.2 Å². The number of benzene rings is 1. The predicted molar refractivity (Wildman–Crippen MR) is 116 cm³/mol. The molecule has 2 atom stereocenters. The lowest BCUT2D eigenvalue weighted by molar-refractivity contribution is -0.134. The van der Waals surface area contributed by atoms with Crippen LogP contribution in [0.3, 0.4) is 0 Å². The summed E-state index contributed by atoms with van der Waals surface area (Å²) >= 11 is 1.30. The Kier molecular flexibility index (Phi) is 5.17. The van der Waals surface area contributed by atoms with Crippen molar-refractivity contribution in [2.24, 2.45) is 11.8 Å². The Morgan fingerprint density at radius 1 is 1.10 bits per heavy atom. The van der Waals surface area contributed by atoms with Gasteiger partial charge in [0.1, 0.15) is 11.2 Å². The third-order valence-electron chi connectivity index (χ3n) is 5.63. The summed E-state index contributed by atoms with van der Waals surface area (Å²) in [7, 11) is 0. The number of hydrogen-bond acceptors (Lipinski definition) is 4. The fourth-order valence-corrected chi connectivity index (χ4v) is 5.19. The van der Waals surface area contributed by atoms with E-state index in [0.29, 0.717) is 40.8 Å². The average Bonchev–Trinajstić information content (AvgIpc) is 3.16. The molecule has 1 aromatic carbocycles. The molecule has 152 valence electrons. The second-order valence-electron chi connectivity index (χ2n) is 8.18. The van der Waals surface area contributed by atoms with Gasteiger partial charge in [-0.25, -0.2) is 9.36 Å². The molecule has 3 aromatic rings. The molecule has 1 amide bonds. The van der Waals surface area contributed by atoms with E-state index in [1.165, 1.54) is 20.5 Å². The summed E-state index contributed by atoms with van der Waals surface area (Å²) in [5, 5.41) is 1.79. The first-order valence-electron chi connectivity index (χ1n) is 9.93. The van der Waals surface area contributed by atoms with Crippen LogP contribution in [0.4, 0.5) is 0 Å². The van der Waals surface area contributed by atoms with E-state index in [9.17, 15) is 14.4 Å². The van der Waals surface area contributed by atoms with Crippen molar-refractivity contribution in [3.05, 3.63) is 62.1 Å². The molecule has 3 heterocycles. The van der Waals surface area contributed by atoms with Crippen LogP contribution in [-0.2, 0) is 11.3 Å². The fourth-order valence-electron chi connectivity index (χ4n) is 4.37. The monoisotopic (exact) mass is 411 g/mol. The van der Waals surface area contributed by atoms with E-state index in [1.807, 2.05) is 24.0 Å². The van der Waals surface area contributed by atoms with Crippen molar-refractivity contribution in [1.29, 1.82) is 0 Å². The number of thiophene rings is 1. The molecular formula is C22H25N3O3S. The van der Waals surface area contributed by atoms with Gasteiger partial charge in [0, 0.05) is 13.1 Å². The average molecular weight is 412 g/mol. The highest BCUT2D eigenvalue weighted by Crippen LogP contribution is 2.22. The summed E-state index contributed by atoms with van der Waals surface area (Å²) in [5.74, 6) is 0.816. The molecule has 7 heteroatoms. The highest BCUT2D eigenvalue weighted by molar-refractivity contribution is 7.17. The quantitative estimate of drug-likeness (QED) is 0.666. The summed E-state index contributed by atoms with van der Waals surface area (Å²) in [6.45, 7) is 7.53. The number of nitrogens with zero attached hydrogens (tertiary/aromatic N) is 3. The maximum absolute atomic E-state index is 13.4. The molecule has 0 radical (unpaired) electrons. The van der Waals surface area contributed by atoms with Crippen molar-refractivity contribution in [3.8, 4) is 5.69 Å². The smallest absolute Gasteiger partial charge is 0.336 e. The number of aryl methyl sites for hydroxylation is 1. The molecule has 2 unspecified atom stereocenters. The topological polar surface area (TPSA) is 64.3 Å². The maximum Gasteiger partial charge on any atom is 0.336 e. The molecule has 6 nitrogen and oxygen atoms in total. The van der Waals surface area contributed by atoms with E-state index < -0.39 is 5.69 Å². The number of hydrogen-bond donors (Lipinski definition) is 0. The van der Waals surface area contributed by atoms with Crippen LogP contribution in [0.2, 0.25) is 0 Å². The van der Waals surface area contributed by atoms with E-state index in [-0.39, 0.29) is 18.0 Å². The Morgan fingerprint density at radius 2 is 1.79 bits per heavy atom. The maximum atomic E-state index is 13.4. The second-order valence-corrected chi connectivity index (χ2v) is 9.09. The number of piperidine rings is 1. The van der Waals surface area contributed by atoms with Crippen LogP contribution in [0.25, 0.3) is 15.9 Å². The van der Waals surface area contributed by atoms with Crippen LogP contribution in [0, 0.1) is 18.8 Å². The highest BCUT2D eigenvalue weighted by atomic mass is 32.1. The van der Waals surface area contributed by atoms with Crippen molar-refractivity contribution < 1.29 is 4.79 Å². The Morgan fingerprint density at radius 3 is 2.48 bits per heavy atom. The van der Waals surface area contributed by atoms with Crippen molar-refractivity contribution in [3.63, 3.8) is 0 Å². The van der Waals surface area contributed by atoms with E-state index in [4.69, 9.17) is 0 Å². The molecule has 1 saturated heterocycles. The zero-order valence-electron chi connectivity index (χ0n) is 16.9. The Labute approximate surface area is 173 Å². The molecule has 1 fully saturated rings. The van der Waals surface area contributed by atoms with Crippen LogP contribution < -0.4 is 11.2 Å². The van der Waals surface area contributed by atoms with Gasteiger partial charge in [-0.1, -0.05) is 32.0 Å². The minimum absolute atomic E-state index is 0.0579. The van der Waals surface area contributed by atoms with Gasteiger partial charge in [-0.2, -0.15) is 0 Å². The Hall–Kier alpha value is -2.67. The summed E-state index contributed by atoms with van der Waals surface area (Å²) < 4.78 is 3.13. The number of rotatable bonds is 3. The van der Waals surface area contributed by atoms with Gasteiger partial charge in [0.25, 0.3) is 5.56 Å². The van der Waals surface area contributed by atoms with Gasteiger partial charge in [0.05, 0.1) is 11.2 Å². The molecule has 0 saturated carbocycles. The lowest BCUT2D eigenvalue weighted by Gasteiger charge is -2.35. The highest BCUT2D eigenvalue weighted by Gasteiger charge is 2.27. The molecule has 4 rings (SSSR count). The van der Waals surface area contributed by atoms with Crippen molar-refractivity contribution in [2.45, 2.75) is 33.7 Å². The lowest BCUT2D eigenvalue weighted by Crippen LogP contribution is -2.46. The first kappa shape index (κ1) is 19.6. The molecular weight excluding hydrogens is 386 g/mol. The Balaban J connectivity index is 1.82. The molecule has 0 bridgehead atoms. The number of aromatic nitrogens is 2. The number of carbonyl (C=O) groups excluding carboxylic acids is 1. The van der Waals surface area contributed by atoms with E-state index in [2.05, 4.69) is 13.8 Å². The van der Waals surface area contributed by atoms with Gasteiger partial charge in [-0.15, -0.1) is 11.3 Å². The zero-order chi connectivity index (χ0) is 20.7.